The van der Waals surface area contributed by atoms with Crippen LogP contribution in [0.5, 0.6) is 5.75 Å². The zero-order valence-electron chi connectivity index (χ0n) is 10.9. The van der Waals surface area contributed by atoms with Crippen molar-refractivity contribution in [3.8, 4) is 5.75 Å². The van der Waals surface area contributed by atoms with Crippen LogP contribution in [0.4, 0.5) is 5.69 Å². The third-order valence-electron chi connectivity index (χ3n) is 3.37. The molecule has 1 atom stereocenters. The van der Waals surface area contributed by atoms with Crippen LogP contribution in [0.25, 0.3) is 0 Å². The summed E-state index contributed by atoms with van der Waals surface area (Å²) in [5.74, 6) is 0.832. The molecule has 0 amide bonds. The van der Waals surface area contributed by atoms with E-state index >= 15 is 0 Å². The number of ether oxygens (including phenoxy) is 1. The average Bonchev–Trinajstić information content (AvgIpc) is 2.81. The molecule has 0 bridgehead atoms. The number of nitrogen functional groups attached to an aromatic ring is 1. The maximum atomic E-state index is 5.96. The van der Waals surface area contributed by atoms with Crippen LogP contribution < -0.4 is 10.5 Å². The van der Waals surface area contributed by atoms with E-state index < -0.39 is 0 Å². The zero-order chi connectivity index (χ0) is 13.2. The molecular weight excluding hydrogens is 254 g/mol. The number of fused-ring (bicyclic) bond motifs is 1. The van der Waals surface area contributed by atoms with Crippen molar-refractivity contribution in [3.05, 3.63) is 53.6 Å². The lowest BCUT2D eigenvalue weighted by molar-refractivity contribution is 0.317. The Hall–Kier alpha value is -1.61. The molecule has 19 heavy (non-hydrogen) atoms. The molecule has 0 fully saturated rings. The molecule has 2 aromatic carbocycles. The average molecular weight is 271 g/mol. The van der Waals surface area contributed by atoms with Gasteiger partial charge in [0.2, 0.25) is 0 Å². The highest BCUT2D eigenvalue weighted by Crippen LogP contribution is 2.37. The van der Waals surface area contributed by atoms with Gasteiger partial charge in [0.05, 0.1) is 5.69 Å². The molecule has 0 radical (unpaired) electrons. The van der Waals surface area contributed by atoms with Crippen molar-refractivity contribution < 1.29 is 4.74 Å². The Labute approximate surface area is 118 Å². The van der Waals surface area contributed by atoms with Gasteiger partial charge in [-0.25, -0.2) is 0 Å². The van der Waals surface area contributed by atoms with E-state index in [-0.39, 0.29) is 0 Å². The number of thioether (sulfide) groups is 1. The van der Waals surface area contributed by atoms with Crippen LogP contribution in [0.1, 0.15) is 11.1 Å². The lowest BCUT2D eigenvalue weighted by atomic mass is 10.1. The topological polar surface area (TPSA) is 35.2 Å². The Morgan fingerprint density at radius 2 is 2.05 bits per heavy atom. The molecule has 0 saturated carbocycles. The predicted molar refractivity (Wildman–Crippen MR) is 80.9 cm³/mol. The van der Waals surface area contributed by atoms with Gasteiger partial charge in [-0.2, -0.15) is 0 Å². The van der Waals surface area contributed by atoms with E-state index in [4.69, 9.17) is 10.5 Å². The van der Waals surface area contributed by atoms with Crippen LogP contribution in [-0.2, 0) is 6.42 Å². The van der Waals surface area contributed by atoms with Crippen molar-refractivity contribution >= 4 is 17.4 Å². The molecule has 2 N–H and O–H groups in total. The molecule has 0 aliphatic carbocycles. The number of hydrogen-bond acceptors (Lipinski definition) is 3. The van der Waals surface area contributed by atoms with Gasteiger partial charge >= 0.3 is 0 Å². The van der Waals surface area contributed by atoms with Gasteiger partial charge in [-0.05, 0) is 36.6 Å². The van der Waals surface area contributed by atoms with Gasteiger partial charge in [0, 0.05) is 10.1 Å². The van der Waals surface area contributed by atoms with Crippen LogP contribution in [0.2, 0.25) is 0 Å². The number of nitrogens with two attached hydrogens (primary N) is 1. The minimum absolute atomic E-state index is 0.483. The van der Waals surface area contributed by atoms with E-state index in [9.17, 15) is 0 Å². The number of benzene rings is 2. The molecule has 1 unspecified atom stereocenters. The fourth-order valence-electron chi connectivity index (χ4n) is 2.40. The summed E-state index contributed by atoms with van der Waals surface area (Å²) in [5.41, 5.74) is 9.21. The largest absolute Gasteiger partial charge is 0.490 e. The fraction of sp³-hybridized carbons (Fsp3) is 0.250. The van der Waals surface area contributed by atoms with E-state index in [2.05, 4.69) is 24.3 Å². The van der Waals surface area contributed by atoms with E-state index in [0.29, 0.717) is 11.9 Å². The van der Waals surface area contributed by atoms with E-state index in [1.807, 2.05) is 36.9 Å². The zero-order valence-corrected chi connectivity index (χ0v) is 11.7. The highest BCUT2D eigenvalue weighted by molar-refractivity contribution is 8.00. The van der Waals surface area contributed by atoms with Crippen molar-refractivity contribution in [1.82, 2.24) is 0 Å². The molecule has 3 rings (SSSR count). The SMILES string of the molecule is Cc1cccc(N)c1OCC1Cc2ccccc2S1. The van der Waals surface area contributed by atoms with Crippen molar-refractivity contribution in [2.75, 3.05) is 12.3 Å². The Morgan fingerprint density at radius 3 is 2.84 bits per heavy atom. The second kappa shape index (κ2) is 5.17. The first-order valence-corrected chi connectivity index (χ1v) is 7.34. The van der Waals surface area contributed by atoms with Crippen molar-refractivity contribution in [2.24, 2.45) is 0 Å². The summed E-state index contributed by atoms with van der Waals surface area (Å²) in [6, 6.07) is 14.4. The maximum absolute atomic E-state index is 5.96. The fourth-order valence-corrected chi connectivity index (χ4v) is 3.61. The first kappa shape index (κ1) is 12.4. The quantitative estimate of drug-likeness (QED) is 0.865. The number of rotatable bonds is 3. The van der Waals surface area contributed by atoms with E-state index in [1.165, 1.54) is 10.5 Å². The molecule has 0 aromatic heterocycles. The number of aryl methyl sites for hydroxylation is 1. The molecular formula is C16H17NOS. The second-order valence-corrected chi connectivity index (χ2v) is 6.20. The second-order valence-electron chi connectivity index (χ2n) is 4.86. The monoisotopic (exact) mass is 271 g/mol. The lowest BCUT2D eigenvalue weighted by Gasteiger charge is -2.14. The van der Waals surface area contributed by atoms with Crippen LogP contribution in [0.3, 0.4) is 0 Å². The maximum Gasteiger partial charge on any atom is 0.145 e. The summed E-state index contributed by atoms with van der Waals surface area (Å²) in [6.07, 6.45) is 1.08. The predicted octanol–water partition coefficient (Wildman–Crippen LogP) is 3.67. The normalized spacial score (nSPS) is 17.2. The lowest BCUT2D eigenvalue weighted by Crippen LogP contribution is -2.14. The number of hydrogen-bond donors (Lipinski definition) is 1. The Morgan fingerprint density at radius 1 is 1.21 bits per heavy atom. The van der Waals surface area contributed by atoms with Gasteiger partial charge in [-0.1, -0.05) is 30.3 Å². The summed E-state index contributed by atoms with van der Waals surface area (Å²) in [5, 5.41) is 0.483. The van der Waals surface area contributed by atoms with Crippen molar-refractivity contribution in [1.29, 1.82) is 0 Å². The first-order chi connectivity index (χ1) is 9.24. The highest BCUT2D eigenvalue weighted by atomic mass is 32.2. The molecule has 2 aromatic rings. The van der Waals surface area contributed by atoms with Gasteiger partial charge in [0.25, 0.3) is 0 Å². The smallest absolute Gasteiger partial charge is 0.145 e. The standard InChI is InChI=1S/C16H17NOS/c1-11-5-4-7-14(17)16(11)18-10-13-9-12-6-2-3-8-15(12)19-13/h2-8,13H,9-10,17H2,1H3. The van der Waals surface area contributed by atoms with Crippen molar-refractivity contribution in [2.45, 2.75) is 23.5 Å². The van der Waals surface area contributed by atoms with Crippen LogP contribution in [-0.4, -0.2) is 11.9 Å². The van der Waals surface area contributed by atoms with Gasteiger partial charge in [-0.15, -0.1) is 11.8 Å². The summed E-state index contributed by atoms with van der Waals surface area (Å²) in [6.45, 7) is 2.73. The molecule has 3 heteroatoms. The molecule has 0 saturated heterocycles. The van der Waals surface area contributed by atoms with Crippen LogP contribution in [0.15, 0.2) is 47.4 Å². The minimum atomic E-state index is 0.483. The summed E-state index contributed by atoms with van der Waals surface area (Å²) < 4.78 is 5.94. The van der Waals surface area contributed by atoms with Crippen LogP contribution >= 0.6 is 11.8 Å². The highest BCUT2D eigenvalue weighted by Gasteiger charge is 2.22. The summed E-state index contributed by atoms with van der Waals surface area (Å²) in [4.78, 5) is 1.38. The molecule has 1 heterocycles. The summed E-state index contributed by atoms with van der Waals surface area (Å²) >= 11 is 1.90. The molecule has 1 aliphatic rings. The molecule has 1 aliphatic heterocycles. The Balaban J connectivity index is 1.66. The number of para-hydroxylation sites is 1. The Bertz CT molecular complexity index is 552. The summed E-state index contributed by atoms with van der Waals surface area (Å²) in [7, 11) is 0. The van der Waals surface area contributed by atoms with Gasteiger partial charge in [-0.3, -0.25) is 0 Å². The first-order valence-electron chi connectivity index (χ1n) is 6.46. The third-order valence-corrected chi connectivity index (χ3v) is 4.66. The number of anilines is 1. The van der Waals surface area contributed by atoms with E-state index in [0.717, 1.165) is 23.4 Å². The van der Waals surface area contributed by atoms with E-state index in [1.54, 1.807) is 0 Å². The minimum Gasteiger partial charge on any atom is -0.490 e. The third kappa shape index (κ3) is 2.56. The van der Waals surface area contributed by atoms with Crippen molar-refractivity contribution in [3.63, 3.8) is 0 Å². The van der Waals surface area contributed by atoms with Gasteiger partial charge < -0.3 is 10.5 Å². The molecule has 2 nitrogen and oxygen atoms in total. The molecule has 0 spiro atoms. The van der Waals surface area contributed by atoms with Gasteiger partial charge in [0.15, 0.2) is 0 Å². The van der Waals surface area contributed by atoms with Crippen LogP contribution in [0, 0.1) is 6.92 Å². The molecule has 98 valence electrons. The van der Waals surface area contributed by atoms with Gasteiger partial charge in [0.1, 0.15) is 12.4 Å². The Kier molecular flexibility index (Phi) is 3.38.